The van der Waals surface area contributed by atoms with Crippen LogP contribution in [0.2, 0.25) is 0 Å². The van der Waals surface area contributed by atoms with Gasteiger partial charge in [0.15, 0.2) is 0 Å². The number of nitrogens with zero attached hydrogens (tertiary/aromatic N) is 1. The van der Waals surface area contributed by atoms with Crippen molar-refractivity contribution >= 4 is 12.0 Å². The van der Waals surface area contributed by atoms with Gasteiger partial charge in [-0.2, -0.15) is 0 Å². The molecule has 6 heteroatoms. The van der Waals surface area contributed by atoms with Crippen LogP contribution in [0.5, 0.6) is 0 Å². The Bertz CT molecular complexity index is 532. The highest BCUT2D eigenvalue weighted by Crippen LogP contribution is 2.19. The summed E-state index contributed by atoms with van der Waals surface area (Å²) in [5.41, 5.74) is 0.133. The van der Waals surface area contributed by atoms with Crippen molar-refractivity contribution in [1.29, 1.82) is 0 Å². The summed E-state index contributed by atoms with van der Waals surface area (Å²) in [6, 6.07) is 3.65. The van der Waals surface area contributed by atoms with E-state index in [0.29, 0.717) is 5.56 Å². The van der Waals surface area contributed by atoms with Crippen LogP contribution in [0.15, 0.2) is 24.5 Å². The van der Waals surface area contributed by atoms with Gasteiger partial charge in [-0.25, -0.2) is 4.79 Å². The van der Waals surface area contributed by atoms with Crippen LogP contribution in [0.3, 0.4) is 0 Å². The number of hydrogen-bond donors (Lipinski definition) is 2. The molecule has 1 aliphatic rings. The number of rotatable bonds is 3. The number of ether oxygens (including phenoxy) is 1. The van der Waals surface area contributed by atoms with E-state index in [1.807, 2.05) is 20.8 Å². The smallest absolute Gasteiger partial charge is 0.407 e. The Labute approximate surface area is 137 Å². The Kier molecular flexibility index (Phi) is 5.58. The maximum Gasteiger partial charge on any atom is 0.407 e. The number of pyridine rings is 1. The number of carbonyl (C=O) groups excluding carboxylic acids is 2. The number of nitrogens with one attached hydrogen (secondary N) is 2. The lowest BCUT2D eigenvalue weighted by Crippen LogP contribution is -2.45. The van der Waals surface area contributed by atoms with Gasteiger partial charge >= 0.3 is 6.09 Å². The first-order valence-electron chi connectivity index (χ1n) is 8.04. The minimum Gasteiger partial charge on any atom is -0.444 e. The van der Waals surface area contributed by atoms with Gasteiger partial charge in [-0.15, -0.1) is 0 Å². The zero-order valence-electron chi connectivity index (χ0n) is 14.0. The lowest BCUT2D eigenvalue weighted by molar-refractivity contribution is 0.0488. The zero-order chi connectivity index (χ0) is 16.9. The number of carbonyl (C=O) groups is 2. The van der Waals surface area contributed by atoms with Crippen LogP contribution in [-0.2, 0) is 4.74 Å². The molecule has 2 N–H and O–H groups in total. The summed E-state index contributed by atoms with van der Waals surface area (Å²) in [4.78, 5) is 27.8. The van der Waals surface area contributed by atoms with Crippen molar-refractivity contribution in [3.05, 3.63) is 30.1 Å². The summed E-state index contributed by atoms with van der Waals surface area (Å²) in [5.74, 6) is -0.0732. The average molecular weight is 319 g/mol. The Morgan fingerprint density at radius 3 is 2.09 bits per heavy atom. The van der Waals surface area contributed by atoms with Crippen molar-refractivity contribution < 1.29 is 14.3 Å². The second-order valence-electron chi connectivity index (χ2n) is 6.90. The fraction of sp³-hybridized carbons (Fsp3) is 0.588. The minimum absolute atomic E-state index is 0.0732. The zero-order valence-corrected chi connectivity index (χ0v) is 14.0. The Balaban J connectivity index is 1.74. The predicted octanol–water partition coefficient (Wildman–Crippen LogP) is 2.65. The van der Waals surface area contributed by atoms with E-state index in [1.165, 1.54) is 0 Å². The van der Waals surface area contributed by atoms with Crippen molar-refractivity contribution in [3.63, 3.8) is 0 Å². The van der Waals surface area contributed by atoms with Crippen LogP contribution in [0.25, 0.3) is 0 Å². The molecule has 1 aromatic rings. The first-order valence-corrected chi connectivity index (χ1v) is 8.04. The molecule has 0 unspecified atom stereocenters. The quantitative estimate of drug-likeness (QED) is 0.897. The van der Waals surface area contributed by atoms with Gasteiger partial charge in [0.1, 0.15) is 5.60 Å². The minimum atomic E-state index is -0.486. The first-order chi connectivity index (χ1) is 10.8. The van der Waals surface area contributed by atoms with Gasteiger partial charge in [0, 0.05) is 30.0 Å². The lowest BCUT2D eigenvalue weighted by Gasteiger charge is -2.30. The molecular weight excluding hydrogens is 294 g/mol. The third kappa shape index (κ3) is 5.88. The molecule has 0 aromatic carbocycles. The molecule has 126 valence electrons. The van der Waals surface area contributed by atoms with E-state index >= 15 is 0 Å². The Hall–Kier alpha value is -2.11. The third-order valence-corrected chi connectivity index (χ3v) is 3.73. The van der Waals surface area contributed by atoms with Gasteiger partial charge in [0.25, 0.3) is 5.91 Å². The van der Waals surface area contributed by atoms with E-state index < -0.39 is 5.60 Å². The third-order valence-electron chi connectivity index (χ3n) is 3.73. The molecule has 23 heavy (non-hydrogen) atoms. The summed E-state index contributed by atoms with van der Waals surface area (Å²) in [6.45, 7) is 5.54. The molecule has 1 aromatic heterocycles. The number of alkyl carbamates (subject to hydrolysis) is 1. The molecule has 1 aliphatic carbocycles. The number of aromatic nitrogens is 1. The Morgan fingerprint density at radius 2 is 1.57 bits per heavy atom. The van der Waals surface area contributed by atoms with Crippen molar-refractivity contribution in [1.82, 2.24) is 15.6 Å². The maximum absolute atomic E-state index is 12.1. The molecule has 0 spiro atoms. The second-order valence-corrected chi connectivity index (χ2v) is 6.90. The van der Waals surface area contributed by atoms with Gasteiger partial charge in [-0.1, -0.05) is 0 Å². The fourth-order valence-electron chi connectivity index (χ4n) is 2.63. The SMILES string of the molecule is CC(C)(C)OC(=O)NC1CCC(NC(=O)c2ccncc2)CC1. The van der Waals surface area contributed by atoms with Gasteiger partial charge in [-0.3, -0.25) is 9.78 Å². The maximum atomic E-state index is 12.1. The van der Waals surface area contributed by atoms with Crippen molar-refractivity contribution in [2.45, 2.75) is 64.1 Å². The van der Waals surface area contributed by atoms with Crippen LogP contribution in [0.4, 0.5) is 4.79 Å². The molecule has 1 saturated carbocycles. The van der Waals surface area contributed by atoms with E-state index in [-0.39, 0.29) is 24.1 Å². The van der Waals surface area contributed by atoms with Gasteiger partial charge in [-0.05, 0) is 58.6 Å². The van der Waals surface area contributed by atoms with E-state index in [0.717, 1.165) is 25.7 Å². The highest BCUT2D eigenvalue weighted by molar-refractivity contribution is 5.94. The van der Waals surface area contributed by atoms with Crippen LogP contribution >= 0.6 is 0 Å². The monoisotopic (exact) mass is 319 g/mol. The fourth-order valence-corrected chi connectivity index (χ4v) is 2.63. The van der Waals surface area contributed by atoms with Gasteiger partial charge in [0.2, 0.25) is 0 Å². The molecule has 2 amide bonds. The van der Waals surface area contributed by atoms with E-state index in [2.05, 4.69) is 15.6 Å². The number of amides is 2. The standard InChI is InChI=1S/C17H25N3O3/c1-17(2,3)23-16(22)20-14-6-4-13(5-7-14)19-15(21)12-8-10-18-11-9-12/h8-11,13-14H,4-7H2,1-3H3,(H,19,21)(H,20,22). The van der Waals surface area contributed by atoms with Gasteiger partial charge in [0.05, 0.1) is 0 Å². The summed E-state index contributed by atoms with van der Waals surface area (Å²) in [6.07, 6.45) is 6.20. The van der Waals surface area contributed by atoms with Crippen molar-refractivity contribution in [2.24, 2.45) is 0 Å². The van der Waals surface area contributed by atoms with Gasteiger partial charge < -0.3 is 15.4 Å². The molecule has 1 heterocycles. The highest BCUT2D eigenvalue weighted by atomic mass is 16.6. The first kappa shape index (κ1) is 17.2. The highest BCUT2D eigenvalue weighted by Gasteiger charge is 2.25. The van der Waals surface area contributed by atoms with Crippen LogP contribution in [-0.4, -0.2) is 34.7 Å². The van der Waals surface area contributed by atoms with E-state index in [1.54, 1.807) is 24.5 Å². The molecule has 0 atom stereocenters. The summed E-state index contributed by atoms with van der Waals surface area (Å²) in [7, 11) is 0. The van der Waals surface area contributed by atoms with Crippen molar-refractivity contribution in [2.75, 3.05) is 0 Å². The number of hydrogen-bond acceptors (Lipinski definition) is 4. The van der Waals surface area contributed by atoms with Crippen LogP contribution in [0.1, 0.15) is 56.8 Å². The average Bonchev–Trinajstić information content (AvgIpc) is 2.48. The summed E-state index contributed by atoms with van der Waals surface area (Å²) in [5, 5.41) is 5.94. The normalized spacial score (nSPS) is 21.3. The topological polar surface area (TPSA) is 80.3 Å². The second kappa shape index (κ2) is 7.44. The molecule has 0 saturated heterocycles. The largest absolute Gasteiger partial charge is 0.444 e. The predicted molar refractivity (Wildman–Crippen MR) is 87.1 cm³/mol. The molecule has 6 nitrogen and oxygen atoms in total. The summed E-state index contributed by atoms with van der Waals surface area (Å²) >= 11 is 0. The van der Waals surface area contributed by atoms with E-state index in [9.17, 15) is 9.59 Å². The molecular formula is C17H25N3O3. The molecule has 0 bridgehead atoms. The lowest BCUT2D eigenvalue weighted by atomic mass is 9.91. The van der Waals surface area contributed by atoms with Crippen LogP contribution in [0, 0.1) is 0 Å². The molecule has 0 aliphatic heterocycles. The molecule has 0 radical (unpaired) electrons. The summed E-state index contributed by atoms with van der Waals surface area (Å²) < 4.78 is 5.26. The molecule has 1 fully saturated rings. The van der Waals surface area contributed by atoms with Crippen molar-refractivity contribution in [3.8, 4) is 0 Å². The molecule has 2 rings (SSSR count). The van der Waals surface area contributed by atoms with E-state index in [4.69, 9.17) is 4.74 Å². The van der Waals surface area contributed by atoms with Crippen LogP contribution < -0.4 is 10.6 Å². The Morgan fingerprint density at radius 1 is 1.04 bits per heavy atom.